The fourth-order valence-electron chi connectivity index (χ4n) is 4.09. The summed E-state index contributed by atoms with van der Waals surface area (Å²) in [5.74, 6) is 0. The van der Waals surface area contributed by atoms with E-state index in [-0.39, 0.29) is 19.3 Å². The van der Waals surface area contributed by atoms with E-state index in [1.165, 1.54) is 0 Å². The van der Waals surface area contributed by atoms with Crippen molar-refractivity contribution in [3.63, 3.8) is 0 Å². The lowest BCUT2D eigenvalue weighted by atomic mass is 9.86. The molecule has 2 rings (SSSR count). The number of hydrogen-bond acceptors (Lipinski definition) is 11. The van der Waals surface area contributed by atoms with Crippen LogP contribution in [0.25, 0.3) is 0 Å². The largest absolute Gasteiger partial charge is 0.395 e. The molecule has 1 aliphatic carbocycles. The number of rotatable bonds is 12. The number of nitrogens with one attached hydrogen (secondary N) is 2. The van der Waals surface area contributed by atoms with Crippen LogP contribution in [0, 0.1) is 0 Å². The van der Waals surface area contributed by atoms with Crippen molar-refractivity contribution in [2.45, 2.75) is 87.0 Å². The molecular formula is C19H40N4O7. The second-order valence-electron chi connectivity index (χ2n) is 8.37. The smallest absolute Gasteiger partial charge is 0.158 e. The predicted molar refractivity (Wildman–Crippen MR) is 109 cm³/mol. The Morgan fingerprint density at radius 2 is 1.83 bits per heavy atom. The summed E-state index contributed by atoms with van der Waals surface area (Å²) in [4.78, 5) is 0. The summed E-state index contributed by atoms with van der Waals surface area (Å²) in [5.41, 5.74) is 11.7. The number of ether oxygens (including phenoxy) is 2. The summed E-state index contributed by atoms with van der Waals surface area (Å²) in [6, 6.07) is -1.03. The molecule has 0 amide bonds. The Morgan fingerprint density at radius 1 is 1.10 bits per heavy atom. The summed E-state index contributed by atoms with van der Waals surface area (Å²) in [5, 5.41) is 55.1. The van der Waals surface area contributed by atoms with Crippen LogP contribution in [0.2, 0.25) is 0 Å². The fraction of sp³-hybridized carbons (Fsp3) is 1.00. The Balaban J connectivity index is 1.80. The number of hydrogen-bond donors (Lipinski definition) is 9. The molecule has 0 aromatic carbocycles. The van der Waals surface area contributed by atoms with E-state index in [1.54, 1.807) is 0 Å². The van der Waals surface area contributed by atoms with Crippen LogP contribution in [0.1, 0.15) is 32.1 Å². The van der Waals surface area contributed by atoms with Gasteiger partial charge in [-0.05, 0) is 32.2 Å². The highest BCUT2D eigenvalue weighted by Crippen LogP contribution is 2.27. The van der Waals surface area contributed by atoms with Gasteiger partial charge in [-0.2, -0.15) is 0 Å². The first-order valence-corrected chi connectivity index (χ1v) is 10.9. The third-order valence-corrected chi connectivity index (χ3v) is 5.78. The lowest BCUT2D eigenvalue weighted by Gasteiger charge is -2.42. The molecule has 5 unspecified atom stereocenters. The number of nitrogens with two attached hydrogens (primary N) is 2. The highest BCUT2D eigenvalue weighted by molar-refractivity contribution is 4.94. The Kier molecular flexibility index (Phi) is 11.3. The molecule has 11 nitrogen and oxygen atoms in total. The molecule has 178 valence electrons. The second-order valence-corrected chi connectivity index (χ2v) is 8.37. The van der Waals surface area contributed by atoms with Crippen LogP contribution in [-0.2, 0) is 9.47 Å². The molecule has 1 aliphatic heterocycles. The molecule has 0 aromatic rings. The van der Waals surface area contributed by atoms with Crippen LogP contribution in [0.5, 0.6) is 0 Å². The molecule has 1 saturated heterocycles. The minimum Gasteiger partial charge on any atom is -0.395 e. The molecule has 0 aromatic heterocycles. The zero-order valence-corrected chi connectivity index (χ0v) is 17.5. The van der Waals surface area contributed by atoms with Crippen molar-refractivity contribution >= 4 is 0 Å². The van der Waals surface area contributed by atoms with Gasteiger partial charge in [0.1, 0.15) is 6.10 Å². The van der Waals surface area contributed by atoms with Gasteiger partial charge >= 0.3 is 0 Å². The van der Waals surface area contributed by atoms with Crippen molar-refractivity contribution in [3.8, 4) is 0 Å². The molecule has 11 heteroatoms. The summed E-state index contributed by atoms with van der Waals surface area (Å²) < 4.78 is 11.9. The van der Waals surface area contributed by atoms with Crippen molar-refractivity contribution in [2.24, 2.45) is 11.5 Å². The standard InChI is InChI=1S/C19H40N4O7/c20-4-3-13(26)7-22-8-17-15(27)1-2-18(29-17)30-19-14(21)5-11(6-16(19)28)23-12(9-24)10-25/h11-19,22-28H,1-10,20-21H2/t11?,13?,14?,15-,16?,17?,18+,19+/m0/s1. The topological polar surface area (TPSA) is 196 Å². The van der Waals surface area contributed by atoms with E-state index < -0.39 is 48.9 Å². The SMILES string of the molecule is NCCC(O)CNCC1O[C@H](O[C@@H]2C(N)CC(NC(CO)CO)CC2O)CC[C@@H]1O. The molecule has 11 N–H and O–H groups in total. The molecule has 0 radical (unpaired) electrons. The summed E-state index contributed by atoms with van der Waals surface area (Å²) in [6.45, 7) is 0.725. The lowest BCUT2D eigenvalue weighted by molar-refractivity contribution is -0.255. The van der Waals surface area contributed by atoms with Crippen LogP contribution in [0.4, 0.5) is 0 Å². The van der Waals surface area contributed by atoms with Crippen molar-refractivity contribution < 1.29 is 35.0 Å². The molecule has 2 fully saturated rings. The van der Waals surface area contributed by atoms with E-state index in [0.29, 0.717) is 51.7 Å². The first-order valence-electron chi connectivity index (χ1n) is 10.9. The van der Waals surface area contributed by atoms with Gasteiger partial charge in [0.15, 0.2) is 6.29 Å². The highest BCUT2D eigenvalue weighted by atomic mass is 16.7. The van der Waals surface area contributed by atoms with Gasteiger partial charge < -0.3 is 57.1 Å². The third kappa shape index (κ3) is 7.92. The minimum atomic E-state index is -0.817. The van der Waals surface area contributed by atoms with Gasteiger partial charge in [0.05, 0.1) is 43.7 Å². The van der Waals surface area contributed by atoms with Crippen LogP contribution < -0.4 is 22.1 Å². The van der Waals surface area contributed by atoms with Crippen molar-refractivity contribution in [1.82, 2.24) is 10.6 Å². The van der Waals surface area contributed by atoms with E-state index in [0.717, 1.165) is 0 Å². The van der Waals surface area contributed by atoms with E-state index in [4.69, 9.17) is 20.9 Å². The Hall–Kier alpha value is -0.440. The zero-order chi connectivity index (χ0) is 22.1. The normalized spacial score (nSPS) is 36.2. The van der Waals surface area contributed by atoms with E-state index >= 15 is 0 Å². The monoisotopic (exact) mass is 436 g/mol. The Labute approximate surface area is 177 Å². The van der Waals surface area contributed by atoms with Gasteiger partial charge in [-0.3, -0.25) is 0 Å². The summed E-state index contributed by atoms with van der Waals surface area (Å²) in [6.07, 6.45) is -1.30. The minimum absolute atomic E-state index is 0.134. The fourth-order valence-corrected chi connectivity index (χ4v) is 4.09. The van der Waals surface area contributed by atoms with Gasteiger partial charge in [-0.15, -0.1) is 0 Å². The first-order chi connectivity index (χ1) is 14.4. The Bertz CT molecular complexity index is 462. The number of aliphatic hydroxyl groups excluding tert-OH is 5. The summed E-state index contributed by atoms with van der Waals surface area (Å²) >= 11 is 0. The van der Waals surface area contributed by atoms with Gasteiger partial charge in [0, 0.05) is 31.6 Å². The maximum Gasteiger partial charge on any atom is 0.158 e. The van der Waals surface area contributed by atoms with Crippen LogP contribution >= 0.6 is 0 Å². The van der Waals surface area contributed by atoms with Crippen molar-refractivity contribution in [2.75, 3.05) is 32.8 Å². The predicted octanol–water partition coefficient (Wildman–Crippen LogP) is -3.67. The van der Waals surface area contributed by atoms with Gasteiger partial charge in [0.25, 0.3) is 0 Å². The van der Waals surface area contributed by atoms with Gasteiger partial charge in [0.2, 0.25) is 0 Å². The van der Waals surface area contributed by atoms with E-state index in [2.05, 4.69) is 10.6 Å². The highest BCUT2D eigenvalue weighted by Gasteiger charge is 2.40. The molecule has 8 atom stereocenters. The quantitative estimate of drug-likeness (QED) is 0.146. The van der Waals surface area contributed by atoms with E-state index in [9.17, 15) is 25.5 Å². The van der Waals surface area contributed by atoms with Crippen molar-refractivity contribution in [1.29, 1.82) is 0 Å². The van der Waals surface area contributed by atoms with Gasteiger partial charge in [-0.25, -0.2) is 0 Å². The number of aliphatic hydroxyl groups is 5. The van der Waals surface area contributed by atoms with Gasteiger partial charge in [-0.1, -0.05) is 0 Å². The molecule has 30 heavy (non-hydrogen) atoms. The first kappa shape index (κ1) is 25.8. The average molecular weight is 437 g/mol. The third-order valence-electron chi connectivity index (χ3n) is 5.78. The van der Waals surface area contributed by atoms with Crippen LogP contribution in [0.3, 0.4) is 0 Å². The molecule has 1 saturated carbocycles. The maximum atomic E-state index is 10.5. The van der Waals surface area contributed by atoms with Crippen molar-refractivity contribution in [3.05, 3.63) is 0 Å². The molecule has 2 aliphatic rings. The molecule has 1 heterocycles. The average Bonchev–Trinajstić information content (AvgIpc) is 2.71. The second kappa shape index (κ2) is 13.2. The molecule has 0 bridgehead atoms. The summed E-state index contributed by atoms with van der Waals surface area (Å²) in [7, 11) is 0. The zero-order valence-electron chi connectivity index (χ0n) is 17.5. The lowest BCUT2D eigenvalue weighted by Crippen LogP contribution is -2.58. The van der Waals surface area contributed by atoms with Crippen LogP contribution in [0.15, 0.2) is 0 Å². The molecular weight excluding hydrogens is 396 g/mol. The van der Waals surface area contributed by atoms with E-state index in [1.807, 2.05) is 0 Å². The molecule has 0 spiro atoms. The Morgan fingerprint density at radius 3 is 2.47 bits per heavy atom. The van der Waals surface area contributed by atoms with Crippen LogP contribution in [-0.4, -0.2) is 113 Å². The maximum absolute atomic E-state index is 10.5.